The second-order valence-corrected chi connectivity index (χ2v) is 4.02. The molecule has 1 atom stereocenters. The van der Waals surface area contributed by atoms with Crippen molar-refractivity contribution >= 4 is 0 Å². The molecule has 15 heavy (non-hydrogen) atoms. The van der Waals surface area contributed by atoms with Gasteiger partial charge in [0.1, 0.15) is 0 Å². The van der Waals surface area contributed by atoms with Crippen molar-refractivity contribution in [3.8, 4) is 0 Å². The summed E-state index contributed by atoms with van der Waals surface area (Å²) in [4.78, 5) is 4.65. The van der Waals surface area contributed by atoms with E-state index in [0.29, 0.717) is 13.1 Å². The quantitative estimate of drug-likeness (QED) is 0.571. The van der Waals surface area contributed by atoms with E-state index in [2.05, 4.69) is 9.80 Å². The van der Waals surface area contributed by atoms with Crippen LogP contribution in [0.2, 0.25) is 0 Å². The number of nitrogens with zero attached hydrogens (tertiary/aromatic N) is 2. The first kappa shape index (κ1) is 12.9. The smallest absolute Gasteiger partial charge is 0.0789 e. The van der Waals surface area contributed by atoms with Crippen LogP contribution < -0.4 is 5.73 Å². The lowest BCUT2D eigenvalue weighted by Crippen LogP contribution is -2.50. The fourth-order valence-corrected chi connectivity index (χ4v) is 1.79. The molecule has 1 aliphatic heterocycles. The van der Waals surface area contributed by atoms with Gasteiger partial charge in [0.25, 0.3) is 0 Å². The van der Waals surface area contributed by atoms with Crippen LogP contribution in [0, 0.1) is 0 Å². The van der Waals surface area contributed by atoms with Gasteiger partial charge in [-0.05, 0) is 0 Å². The lowest BCUT2D eigenvalue weighted by molar-refractivity contribution is 0.0642. The third-order valence-corrected chi connectivity index (χ3v) is 2.82. The first-order valence-corrected chi connectivity index (χ1v) is 5.58. The largest absolute Gasteiger partial charge is 0.390 e. The van der Waals surface area contributed by atoms with Gasteiger partial charge in [-0.1, -0.05) is 0 Å². The number of piperazine rings is 1. The maximum Gasteiger partial charge on any atom is 0.0789 e. The number of methoxy groups -OCH3 is 1. The Bertz CT molecular complexity index is 161. The molecule has 5 nitrogen and oxygen atoms in total. The first-order valence-electron chi connectivity index (χ1n) is 5.58. The van der Waals surface area contributed by atoms with Gasteiger partial charge in [0.2, 0.25) is 0 Å². The molecular weight excluding hydrogens is 194 g/mol. The molecule has 3 N–H and O–H groups in total. The third-order valence-electron chi connectivity index (χ3n) is 2.82. The molecule has 0 aromatic heterocycles. The predicted octanol–water partition coefficient (Wildman–Crippen LogP) is -1.43. The Balaban J connectivity index is 2.12. The van der Waals surface area contributed by atoms with Gasteiger partial charge >= 0.3 is 0 Å². The van der Waals surface area contributed by atoms with Crippen molar-refractivity contribution in [2.75, 3.05) is 59.5 Å². The van der Waals surface area contributed by atoms with E-state index in [4.69, 9.17) is 10.5 Å². The van der Waals surface area contributed by atoms with Gasteiger partial charge in [0.15, 0.2) is 0 Å². The van der Waals surface area contributed by atoms with Gasteiger partial charge < -0.3 is 15.6 Å². The molecule has 0 aromatic carbocycles. The lowest BCUT2D eigenvalue weighted by Gasteiger charge is -2.35. The number of hydrogen-bond acceptors (Lipinski definition) is 5. The summed E-state index contributed by atoms with van der Waals surface area (Å²) in [5.41, 5.74) is 5.38. The Morgan fingerprint density at radius 2 is 1.87 bits per heavy atom. The van der Waals surface area contributed by atoms with E-state index in [1.54, 1.807) is 7.11 Å². The van der Waals surface area contributed by atoms with Gasteiger partial charge in [0, 0.05) is 52.9 Å². The molecule has 0 amide bonds. The Hall–Kier alpha value is -0.200. The summed E-state index contributed by atoms with van der Waals surface area (Å²) < 4.78 is 5.04. The van der Waals surface area contributed by atoms with E-state index < -0.39 is 0 Å². The third kappa shape index (κ3) is 4.90. The number of β-amino-alcohol motifs (C(OH)–C–C–N with tert-alkyl or cyclic N) is 1. The number of ether oxygens (including phenoxy) is 1. The number of hydrogen-bond donors (Lipinski definition) is 2. The predicted molar refractivity (Wildman–Crippen MR) is 59.8 cm³/mol. The molecule has 1 fully saturated rings. The summed E-state index contributed by atoms with van der Waals surface area (Å²) in [6.45, 7) is 7.00. The average molecular weight is 217 g/mol. The SMILES string of the molecule is COCCN1CCN(CC(O)CN)CC1. The summed E-state index contributed by atoms with van der Waals surface area (Å²) >= 11 is 0. The van der Waals surface area contributed by atoms with E-state index in [1.807, 2.05) is 0 Å². The van der Waals surface area contributed by atoms with E-state index in [0.717, 1.165) is 39.3 Å². The van der Waals surface area contributed by atoms with Crippen molar-refractivity contribution in [2.24, 2.45) is 5.73 Å². The molecule has 0 bridgehead atoms. The van der Waals surface area contributed by atoms with Gasteiger partial charge in [-0.2, -0.15) is 0 Å². The molecule has 90 valence electrons. The van der Waals surface area contributed by atoms with Gasteiger partial charge in [-0.3, -0.25) is 9.80 Å². The highest BCUT2D eigenvalue weighted by molar-refractivity contribution is 4.74. The molecule has 1 rings (SSSR count). The van der Waals surface area contributed by atoms with E-state index >= 15 is 0 Å². The van der Waals surface area contributed by atoms with Crippen LogP contribution in [0.25, 0.3) is 0 Å². The number of aliphatic hydroxyl groups is 1. The fraction of sp³-hybridized carbons (Fsp3) is 1.00. The first-order chi connectivity index (χ1) is 7.26. The van der Waals surface area contributed by atoms with Crippen molar-refractivity contribution in [1.29, 1.82) is 0 Å². The minimum Gasteiger partial charge on any atom is -0.390 e. The summed E-state index contributed by atoms with van der Waals surface area (Å²) in [5.74, 6) is 0. The maximum absolute atomic E-state index is 9.42. The highest BCUT2D eigenvalue weighted by Gasteiger charge is 2.17. The zero-order valence-electron chi connectivity index (χ0n) is 9.56. The van der Waals surface area contributed by atoms with Crippen molar-refractivity contribution in [3.63, 3.8) is 0 Å². The van der Waals surface area contributed by atoms with Crippen LogP contribution in [0.3, 0.4) is 0 Å². The van der Waals surface area contributed by atoms with E-state index in [1.165, 1.54) is 0 Å². The van der Waals surface area contributed by atoms with Crippen LogP contribution in [0.1, 0.15) is 0 Å². The monoisotopic (exact) mass is 217 g/mol. The Kier molecular flexibility index (Phi) is 6.12. The van der Waals surface area contributed by atoms with Crippen LogP contribution in [0.15, 0.2) is 0 Å². The summed E-state index contributed by atoms with van der Waals surface area (Å²) in [6.07, 6.45) is -0.379. The minimum absolute atomic E-state index is 0.351. The number of nitrogens with two attached hydrogens (primary N) is 1. The Morgan fingerprint density at radius 1 is 1.27 bits per heavy atom. The topological polar surface area (TPSA) is 62.0 Å². The fourth-order valence-electron chi connectivity index (χ4n) is 1.79. The van der Waals surface area contributed by atoms with Gasteiger partial charge in [0.05, 0.1) is 12.7 Å². The second-order valence-electron chi connectivity index (χ2n) is 4.02. The van der Waals surface area contributed by atoms with Crippen molar-refractivity contribution < 1.29 is 9.84 Å². The highest BCUT2D eigenvalue weighted by atomic mass is 16.5. The van der Waals surface area contributed by atoms with E-state index in [-0.39, 0.29) is 6.10 Å². The summed E-state index contributed by atoms with van der Waals surface area (Å²) in [6, 6.07) is 0. The Morgan fingerprint density at radius 3 is 2.40 bits per heavy atom. The molecule has 0 aromatic rings. The maximum atomic E-state index is 9.42. The van der Waals surface area contributed by atoms with Crippen LogP contribution in [0.5, 0.6) is 0 Å². The molecule has 1 aliphatic rings. The lowest BCUT2D eigenvalue weighted by atomic mass is 10.2. The van der Waals surface area contributed by atoms with E-state index in [9.17, 15) is 5.11 Å². The van der Waals surface area contributed by atoms with Crippen LogP contribution in [0.4, 0.5) is 0 Å². The van der Waals surface area contributed by atoms with Gasteiger partial charge in [-0.25, -0.2) is 0 Å². The van der Waals surface area contributed by atoms with Crippen LogP contribution in [-0.4, -0.2) is 80.5 Å². The average Bonchev–Trinajstić information content (AvgIpc) is 2.28. The molecule has 1 saturated heterocycles. The zero-order valence-corrected chi connectivity index (χ0v) is 9.56. The second kappa shape index (κ2) is 7.14. The summed E-state index contributed by atoms with van der Waals surface area (Å²) in [5, 5.41) is 9.42. The number of aliphatic hydroxyl groups excluding tert-OH is 1. The molecule has 0 aliphatic carbocycles. The molecule has 0 spiro atoms. The molecule has 5 heteroatoms. The molecule has 0 radical (unpaired) electrons. The van der Waals surface area contributed by atoms with Crippen molar-refractivity contribution in [1.82, 2.24) is 9.80 Å². The molecule has 1 unspecified atom stereocenters. The normalized spacial score (nSPS) is 21.8. The number of rotatable bonds is 6. The molecule has 1 heterocycles. The highest BCUT2D eigenvalue weighted by Crippen LogP contribution is 2.02. The minimum atomic E-state index is -0.379. The molecule has 0 saturated carbocycles. The van der Waals surface area contributed by atoms with Crippen molar-refractivity contribution in [3.05, 3.63) is 0 Å². The zero-order chi connectivity index (χ0) is 11.1. The standard InChI is InChI=1S/C10H23N3O2/c1-15-7-6-12-2-4-13(5-3-12)9-10(14)8-11/h10,14H,2-9,11H2,1H3. The van der Waals surface area contributed by atoms with Gasteiger partial charge in [-0.15, -0.1) is 0 Å². The molecular formula is C10H23N3O2. The van der Waals surface area contributed by atoms with Crippen LogP contribution >= 0.6 is 0 Å². The van der Waals surface area contributed by atoms with Crippen LogP contribution in [-0.2, 0) is 4.74 Å². The summed E-state index contributed by atoms with van der Waals surface area (Å²) in [7, 11) is 1.73. The Labute approximate surface area is 91.8 Å². The van der Waals surface area contributed by atoms with Crippen molar-refractivity contribution in [2.45, 2.75) is 6.10 Å².